The normalized spacial score (nSPS) is 10.6. The van der Waals surface area contributed by atoms with Crippen molar-refractivity contribution in [3.8, 4) is 11.4 Å². The Hall–Kier alpha value is -3.40. The molecular formula is C21H19N4+. The average molecular weight is 327 g/mol. The molecule has 4 aromatic rings. The molecule has 25 heavy (non-hydrogen) atoms. The van der Waals surface area contributed by atoms with E-state index in [9.17, 15) is 0 Å². The number of aromatic nitrogens is 3. The summed E-state index contributed by atoms with van der Waals surface area (Å²) >= 11 is 0. The number of anilines is 2. The number of para-hydroxylation sites is 3. The van der Waals surface area contributed by atoms with Crippen LogP contribution in [0.5, 0.6) is 0 Å². The van der Waals surface area contributed by atoms with E-state index < -0.39 is 0 Å². The zero-order valence-electron chi connectivity index (χ0n) is 14.0. The van der Waals surface area contributed by atoms with Crippen molar-refractivity contribution in [3.05, 3.63) is 97.3 Å². The summed E-state index contributed by atoms with van der Waals surface area (Å²) in [4.78, 5) is 2.09. The molecule has 4 rings (SSSR count). The summed E-state index contributed by atoms with van der Waals surface area (Å²) in [5.41, 5.74) is 3.19. The van der Waals surface area contributed by atoms with Gasteiger partial charge in [0.15, 0.2) is 0 Å². The van der Waals surface area contributed by atoms with Crippen LogP contribution in [-0.2, 0) is 0 Å². The Balaban J connectivity index is 1.85. The van der Waals surface area contributed by atoms with Crippen LogP contribution in [0.1, 0.15) is 0 Å². The minimum Gasteiger partial charge on any atom is -0.249 e. The van der Waals surface area contributed by atoms with Gasteiger partial charge in [-0.25, -0.2) is 4.90 Å². The molecule has 0 saturated carbocycles. The zero-order valence-corrected chi connectivity index (χ0v) is 14.0. The molecule has 0 amide bonds. The second-order valence-corrected chi connectivity index (χ2v) is 5.80. The van der Waals surface area contributed by atoms with Crippen molar-refractivity contribution < 1.29 is 4.57 Å². The maximum atomic E-state index is 4.84. The molecule has 0 unspecified atom stereocenters. The second-order valence-electron chi connectivity index (χ2n) is 5.80. The molecule has 3 aromatic carbocycles. The number of nitrogens with zero attached hydrogens (tertiary/aromatic N) is 4. The predicted molar refractivity (Wildman–Crippen MR) is 99.6 cm³/mol. The molecule has 0 bridgehead atoms. The fraction of sp³-hybridized carbons (Fsp3) is 0.0476. The Morgan fingerprint density at radius 1 is 0.760 bits per heavy atom. The summed E-state index contributed by atoms with van der Waals surface area (Å²) in [5.74, 6) is 0.848. The summed E-state index contributed by atoms with van der Waals surface area (Å²) in [7, 11) is 2.03. The number of benzene rings is 3. The third kappa shape index (κ3) is 3.02. The molecule has 0 N–H and O–H groups in total. The van der Waals surface area contributed by atoms with Crippen molar-refractivity contribution in [2.24, 2.45) is 0 Å². The SMILES string of the molecule is CN(c1ccccc1)c1nn(-c2ccccc2)c[n+]1-c1ccccc1. The van der Waals surface area contributed by atoms with E-state index >= 15 is 0 Å². The van der Waals surface area contributed by atoms with E-state index in [1.807, 2.05) is 72.7 Å². The molecule has 0 saturated heterocycles. The largest absolute Gasteiger partial charge is 0.389 e. The lowest BCUT2D eigenvalue weighted by molar-refractivity contribution is -0.582. The molecule has 4 heteroatoms. The summed E-state index contributed by atoms with van der Waals surface area (Å²) in [6, 6.07) is 30.7. The predicted octanol–water partition coefficient (Wildman–Crippen LogP) is 3.92. The van der Waals surface area contributed by atoms with Gasteiger partial charge < -0.3 is 0 Å². The monoisotopic (exact) mass is 327 g/mol. The van der Waals surface area contributed by atoms with Crippen molar-refractivity contribution >= 4 is 11.6 Å². The lowest BCUT2D eigenvalue weighted by Gasteiger charge is -2.12. The molecule has 0 aliphatic heterocycles. The standard InChI is InChI=1S/C21H19N4/c1-23(18-11-5-2-6-12-18)21-22-25(20-15-9-4-10-16-20)17-24(21)19-13-7-3-8-14-19/h2-17H,1H3/q+1. The van der Waals surface area contributed by atoms with Crippen LogP contribution >= 0.6 is 0 Å². The highest BCUT2D eigenvalue weighted by Gasteiger charge is 2.24. The Morgan fingerprint density at radius 3 is 1.96 bits per heavy atom. The van der Waals surface area contributed by atoms with E-state index in [0.717, 1.165) is 23.0 Å². The zero-order chi connectivity index (χ0) is 17.1. The van der Waals surface area contributed by atoms with E-state index in [-0.39, 0.29) is 0 Å². The van der Waals surface area contributed by atoms with E-state index in [1.54, 1.807) is 0 Å². The first kappa shape index (κ1) is 15.1. The van der Waals surface area contributed by atoms with Crippen LogP contribution in [-0.4, -0.2) is 16.8 Å². The number of hydrogen-bond acceptors (Lipinski definition) is 2. The van der Waals surface area contributed by atoms with Crippen LogP contribution in [0.2, 0.25) is 0 Å². The molecular weight excluding hydrogens is 308 g/mol. The molecule has 0 radical (unpaired) electrons. The molecule has 122 valence electrons. The summed E-state index contributed by atoms with van der Waals surface area (Å²) in [6.07, 6.45) is 2.01. The Kier molecular flexibility index (Phi) is 4.01. The first-order valence-corrected chi connectivity index (χ1v) is 8.24. The third-order valence-corrected chi connectivity index (χ3v) is 4.14. The van der Waals surface area contributed by atoms with Gasteiger partial charge in [0.2, 0.25) is 6.33 Å². The van der Waals surface area contributed by atoms with Crippen LogP contribution in [0.3, 0.4) is 0 Å². The van der Waals surface area contributed by atoms with Gasteiger partial charge in [0.05, 0.1) is 11.4 Å². The van der Waals surface area contributed by atoms with E-state index in [0.29, 0.717) is 0 Å². The molecule has 0 spiro atoms. The van der Waals surface area contributed by atoms with Gasteiger partial charge in [0.25, 0.3) is 0 Å². The van der Waals surface area contributed by atoms with Crippen LogP contribution < -0.4 is 9.47 Å². The minimum absolute atomic E-state index is 0.848. The van der Waals surface area contributed by atoms with Crippen LogP contribution in [0.4, 0.5) is 11.6 Å². The van der Waals surface area contributed by atoms with Gasteiger partial charge in [-0.2, -0.15) is 4.57 Å². The Labute approximate surface area is 147 Å². The molecule has 1 heterocycles. The van der Waals surface area contributed by atoms with Gasteiger partial charge in [0, 0.05) is 12.1 Å². The summed E-state index contributed by atoms with van der Waals surface area (Å²) < 4.78 is 4.00. The van der Waals surface area contributed by atoms with E-state index in [2.05, 4.69) is 45.9 Å². The maximum absolute atomic E-state index is 4.84. The van der Waals surface area contributed by atoms with E-state index in [1.165, 1.54) is 0 Å². The Morgan fingerprint density at radius 2 is 1.32 bits per heavy atom. The third-order valence-electron chi connectivity index (χ3n) is 4.14. The minimum atomic E-state index is 0.848. The molecule has 0 fully saturated rings. The van der Waals surface area contributed by atoms with Gasteiger partial charge in [-0.05, 0) is 36.4 Å². The van der Waals surface area contributed by atoms with Crippen molar-refractivity contribution in [1.29, 1.82) is 0 Å². The summed E-state index contributed by atoms with van der Waals surface area (Å²) in [5, 5.41) is 4.84. The van der Waals surface area contributed by atoms with Crippen LogP contribution in [0, 0.1) is 0 Å². The van der Waals surface area contributed by atoms with Gasteiger partial charge in [0.1, 0.15) is 5.69 Å². The fourth-order valence-electron chi connectivity index (χ4n) is 2.80. The van der Waals surface area contributed by atoms with Gasteiger partial charge in [-0.1, -0.05) is 54.6 Å². The summed E-state index contributed by atoms with van der Waals surface area (Å²) in [6.45, 7) is 0. The lowest BCUT2D eigenvalue weighted by Crippen LogP contribution is -2.35. The first-order chi connectivity index (χ1) is 12.3. The molecule has 1 aromatic heterocycles. The first-order valence-electron chi connectivity index (χ1n) is 8.24. The topological polar surface area (TPSA) is 24.9 Å². The lowest BCUT2D eigenvalue weighted by atomic mass is 10.3. The van der Waals surface area contributed by atoms with Crippen molar-refractivity contribution in [2.45, 2.75) is 0 Å². The van der Waals surface area contributed by atoms with Crippen molar-refractivity contribution in [2.75, 3.05) is 11.9 Å². The van der Waals surface area contributed by atoms with Crippen molar-refractivity contribution in [1.82, 2.24) is 9.78 Å². The van der Waals surface area contributed by atoms with Gasteiger partial charge in [-0.3, -0.25) is 0 Å². The number of rotatable bonds is 4. The molecule has 0 aliphatic rings. The number of hydrogen-bond donors (Lipinski definition) is 0. The highest BCUT2D eigenvalue weighted by Crippen LogP contribution is 2.20. The van der Waals surface area contributed by atoms with E-state index in [4.69, 9.17) is 5.10 Å². The molecule has 0 atom stereocenters. The fourth-order valence-corrected chi connectivity index (χ4v) is 2.80. The smallest absolute Gasteiger partial charge is 0.249 e. The Bertz CT molecular complexity index is 947. The quantitative estimate of drug-likeness (QED) is 0.531. The molecule has 0 aliphatic carbocycles. The van der Waals surface area contributed by atoms with Crippen LogP contribution in [0.25, 0.3) is 11.4 Å². The highest BCUT2D eigenvalue weighted by atomic mass is 15.4. The van der Waals surface area contributed by atoms with Crippen LogP contribution in [0.15, 0.2) is 97.3 Å². The second kappa shape index (κ2) is 6.61. The highest BCUT2D eigenvalue weighted by molar-refractivity contribution is 5.54. The van der Waals surface area contributed by atoms with Gasteiger partial charge in [-0.15, -0.1) is 4.68 Å². The van der Waals surface area contributed by atoms with Gasteiger partial charge >= 0.3 is 5.95 Å². The maximum Gasteiger partial charge on any atom is 0.389 e. The average Bonchev–Trinajstić information content (AvgIpc) is 3.15. The van der Waals surface area contributed by atoms with Crippen molar-refractivity contribution in [3.63, 3.8) is 0 Å². The molecule has 4 nitrogen and oxygen atoms in total.